The van der Waals surface area contributed by atoms with Gasteiger partial charge in [0.25, 0.3) is 0 Å². The number of aryl methyl sites for hydroxylation is 1. The van der Waals surface area contributed by atoms with Gasteiger partial charge in [0.1, 0.15) is 11.9 Å². The summed E-state index contributed by atoms with van der Waals surface area (Å²) in [6.07, 6.45) is 0. The van der Waals surface area contributed by atoms with Crippen molar-refractivity contribution in [1.29, 1.82) is 5.26 Å². The first-order valence-electron chi connectivity index (χ1n) is 5.88. The number of nitrogens with one attached hydrogen (secondary N) is 1. The molecule has 0 saturated heterocycles. The number of carbonyl (C=O) groups is 1. The molecule has 2 amide bonds. The second-order valence-corrected chi connectivity index (χ2v) is 4.33. The van der Waals surface area contributed by atoms with E-state index in [1.54, 1.807) is 30.3 Å². The van der Waals surface area contributed by atoms with E-state index in [1.165, 1.54) is 12.1 Å². The first-order valence-corrected chi connectivity index (χ1v) is 5.88. The van der Waals surface area contributed by atoms with E-state index >= 15 is 0 Å². The fraction of sp³-hybridized carbons (Fsp3) is 0.0667. The van der Waals surface area contributed by atoms with Crippen molar-refractivity contribution < 1.29 is 9.18 Å². The minimum Gasteiger partial charge on any atom is -0.351 e. The van der Waals surface area contributed by atoms with E-state index in [0.29, 0.717) is 11.3 Å². The number of carbonyl (C=O) groups excluding carboxylic acids is 1. The van der Waals surface area contributed by atoms with Crippen molar-refractivity contribution in [2.24, 2.45) is 5.73 Å². The lowest BCUT2D eigenvalue weighted by molar-refractivity contribution is 0.259. The molecule has 3 N–H and O–H groups in total. The fourth-order valence-electron chi connectivity index (χ4n) is 1.93. The molecule has 0 bridgehead atoms. The van der Waals surface area contributed by atoms with Gasteiger partial charge in [-0.2, -0.15) is 5.26 Å². The van der Waals surface area contributed by atoms with Gasteiger partial charge in [0.15, 0.2) is 0 Å². The summed E-state index contributed by atoms with van der Waals surface area (Å²) >= 11 is 0. The molecule has 0 unspecified atom stereocenters. The van der Waals surface area contributed by atoms with E-state index in [1.807, 2.05) is 6.92 Å². The van der Waals surface area contributed by atoms with Crippen LogP contribution in [0.25, 0.3) is 11.1 Å². The minimum absolute atomic E-state index is 0.00202. The van der Waals surface area contributed by atoms with Gasteiger partial charge in [0, 0.05) is 5.69 Å². The highest BCUT2D eigenvalue weighted by atomic mass is 19.1. The van der Waals surface area contributed by atoms with Crippen molar-refractivity contribution in [2.75, 3.05) is 5.32 Å². The van der Waals surface area contributed by atoms with E-state index < -0.39 is 11.8 Å². The lowest BCUT2D eigenvalue weighted by Crippen LogP contribution is -2.19. The second-order valence-electron chi connectivity index (χ2n) is 4.33. The average Bonchev–Trinajstić information content (AvgIpc) is 2.40. The first-order chi connectivity index (χ1) is 9.51. The Kier molecular flexibility index (Phi) is 3.67. The highest BCUT2D eigenvalue weighted by Crippen LogP contribution is 2.28. The number of hydrogen-bond donors (Lipinski definition) is 2. The van der Waals surface area contributed by atoms with Crippen molar-refractivity contribution in [2.45, 2.75) is 6.92 Å². The van der Waals surface area contributed by atoms with Crippen molar-refractivity contribution >= 4 is 11.7 Å². The lowest BCUT2D eigenvalue weighted by atomic mass is 9.98. The summed E-state index contributed by atoms with van der Waals surface area (Å²) in [5.74, 6) is -0.572. The van der Waals surface area contributed by atoms with Gasteiger partial charge >= 0.3 is 6.03 Å². The monoisotopic (exact) mass is 269 g/mol. The molecule has 0 aliphatic heterocycles. The molecule has 0 atom stereocenters. The van der Waals surface area contributed by atoms with Gasteiger partial charge in [-0.15, -0.1) is 0 Å². The molecular weight excluding hydrogens is 257 g/mol. The van der Waals surface area contributed by atoms with Crippen molar-refractivity contribution in [1.82, 2.24) is 0 Å². The maximum Gasteiger partial charge on any atom is 0.316 e. The Morgan fingerprint density at radius 3 is 2.65 bits per heavy atom. The van der Waals surface area contributed by atoms with Gasteiger partial charge in [-0.25, -0.2) is 9.18 Å². The lowest BCUT2D eigenvalue weighted by Gasteiger charge is -2.10. The summed E-state index contributed by atoms with van der Waals surface area (Å²) in [6, 6.07) is 10.7. The Labute approximate surface area is 115 Å². The molecule has 0 saturated carbocycles. The smallest absolute Gasteiger partial charge is 0.316 e. The zero-order chi connectivity index (χ0) is 14.7. The van der Waals surface area contributed by atoms with E-state index in [-0.39, 0.29) is 5.56 Å². The summed E-state index contributed by atoms with van der Waals surface area (Å²) in [5.41, 5.74) is 7.91. The number of anilines is 1. The Morgan fingerprint density at radius 2 is 2.05 bits per heavy atom. The van der Waals surface area contributed by atoms with Crippen molar-refractivity contribution in [3.63, 3.8) is 0 Å². The van der Waals surface area contributed by atoms with Gasteiger partial charge < -0.3 is 11.1 Å². The number of nitriles is 1. The SMILES string of the molecule is Cc1ccc(NC(N)=O)cc1-c1ccc(C#N)c(F)c1. The molecule has 0 aromatic heterocycles. The van der Waals surface area contributed by atoms with E-state index in [4.69, 9.17) is 11.0 Å². The minimum atomic E-state index is -0.661. The number of benzene rings is 2. The maximum absolute atomic E-state index is 13.7. The summed E-state index contributed by atoms with van der Waals surface area (Å²) in [5, 5.41) is 11.2. The van der Waals surface area contributed by atoms with Gasteiger partial charge in [-0.05, 0) is 47.9 Å². The Balaban J connectivity index is 2.49. The number of rotatable bonds is 2. The number of nitrogens with two attached hydrogens (primary N) is 1. The van der Waals surface area contributed by atoms with Crippen LogP contribution < -0.4 is 11.1 Å². The molecule has 0 spiro atoms. The van der Waals surface area contributed by atoms with Crippen LogP contribution in [0.15, 0.2) is 36.4 Å². The van der Waals surface area contributed by atoms with Crippen LogP contribution in [0.4, 0.5) is 14.9 Å². The van der Waals surface area contributed by atoms with Crippen molar-refractivity contribution in [3.05, 3.63) is 53.3 Å². The van der Waals surface area contributed by atoms with Crippen LogP contribution in [0, 0.1) is 24.1 Å². The van der Waals surface area contributed by atoms with Gasteiger partial charge in [-0.1, -0.05) is 12.1 Å². The molecule has 5 heteroatoms. The number of primary amides is 1. The van der Waals surface area contributed by atoms with Crippen LogP contribution in [0.3, 0.4) is 0 Å². The van der Waals surface area contributed by atoms with E-state index in [0.717, 1.165) is 11.1 Å². The number of hydrogen-bond acceptors (Lipinski definition) is 2. The molecule has 0 aliphatic carbocycles. The molecule has 0 fully saturated rings. The van der Waals surface area contributed by atoms with Crippen LogP contribution in [0.5, 0.6) is 0 Å². The maximum atomic E-state index is 13.7. The summed E-state index contributed by atoms with van der Waals surface area (Å²) in [7, 11) is 0. The number of urea groups is 1. The normalized spacial score (nSPS) is 9.85. The quantitative estimate of drug-likeness (QED) is 0.878. The molecule has 100 valence electrons. The zero-order valence-electron chi connectivity index (χ0n) is 10.8. The van der Waals surface area contributed by atoms with Crippen LogP contribution in [0.2, 0.25) is 0 Å². The van der Waals surface area contributed by atoms with Gasteiger partial charge in [0.2, 0.25) is 0 Å². The molecule has 4 nitrogen and oxygen atoms in total. The highest BCUT2D eigenvalue weighted by Gasteiger charge is 2.08. The average molecular weight is 269 g/mol. The van der Waals surface area contributed by atoms with E-state index in [9.17, 15) is 9.18 Å². The van der Waals surface area contributed by atoms with Crippen LogP contribution >= 0.6 is 0 Å². The molecule has 2 rings (SSSR count). The fourth-order valence-corrected chi connectivity index (χ4v) is 1.93. The predicted molar refractivity (Wildman–Crippen MR) is 74.5 cm³/mol. The standard InChI is InChI=1S/C15H12FN3O/c1-9-2-5-12(19-15(18)20)7-13(9)10-3-4-11(8-17)14(16)6-10/h2-7H,1H3,(H3,18,19,20). The Morgan fingerprint density at radius 1 is 1.30 bits per heavy atom. The highest BCUT2D eigenvalue weighted by molar-refractivity contribution is 5.89. The van der Waals surface area contributed by atoms with Crippen LogP contribution in [-0.4, -0.2) is 6.03 Å². The summed E-state index contributed by atoms with van der Waals surface area (Å²) in [6.45, 7) is 1.87. The second kappa shape index (κ2) is 5.41. The number of amides is 2. The van der Waals surface area contributed by atoms with Crippen molar-refractivity contribution in [3.8, 4) is 17.2 Å². The topological polar surface area (TPSA) is 78.9 Å². The van der Waals surface area contributed by atoms with Gasteiger partial charge in [0.05, 0.1) is 5.56 Å². The third-order valence-corrected chi connectivity index (χ3v) is 2.91. The molecule has 20 heavy (non-hydrogen) atoms. The number of halogens is 1. The molecular formula is C15H12FN3O. The van der Waals surface area contributed by atoms with Gasteiger partial charge in [-0.3, -0.25) is 0 Å². The number of nitrogens with zero attached hydrogens (tertiary/aromatic N) is 1. The Bertz CT molecular complexity index is 720. The predicted octanol–water partition coefficient (Wildman–Crippen LogP) is 3.16. The van der Waals surface area contributed by atoms with Crippen LogP contribution in [-0.2, 0) is 0 Å². The molecule has 0 radical (unpaired) electrons. The molecule has 0 aliphatic rings. The first kappa shape index (κ1) is 13.6. The third kappa shape index (κ3) is 2.75. The summed E-state index contributed by atoms with van der Waals surface area (Å²) in [4.78, 5) is 10.9. The molecule has 2 aromatic rings. The molecule has 2 aromatic carbocycles. The largest absolute Gasteiger partial charge is 0.351 e. The molecule has 0 heterocycles. The van der Waals surface area contributed by atoms with Crippen LogP contribution in [0.1, 0.15) is 11.1 Å². The zero-order valence-corrected chi connectivity index (χ0v) is 10.8. The third-order valence-electron chi connectivity index (χ3n) is 2.91. The van der Waals surface area contributed by atoms with E-state index in [2.05, 4.69) is 5.32 Å². The summed E-state index contributed by atoms with van der Waals surface area (Å²) < 4.78 is 13.7. The Hall–Kier alpha value is -2.87.